The third-order valence-electron chi connectivity index (χ3n) is 17.2. The third kappa shape index (κ3) is 27.1. The van der Waals surface area contributed by atoms with Crippen molar-refractivity contribution in [2.24, 2.45) is 0 Å². The molecule has 0 heterocycles. The van der Waals surface area contributed by atoms with Crippen molar-refractivity contribution in [3.8, 4) is 23.0 Å². The van der Waals surface area contributed by atoms with Crippen LogP contribution in [0.15, 0.2) is 279 Å². The zero-order valence-corrected chi connectivity index (χ0v) is 73.1. The van der Waals surface area contributed by atoms with Gasteiger partial charge in [-0.2, -0.15) is 173 Å². The number of benzene rings is 10. The van der Waals surface area contributed by atoms with Crippen molar-refractivity contribution >= 4 is 102 Å². The van der Waals surface area contributed by atoms with E-state index in [1.165, 1.54) is 60.7 Å². The van der Waals surface area contributed by atoms with Gasteiger partial charge in [-0.15, -0.1) is 0 Å². The highest BCUT2D eigenvalue weighted by atomic mass is 32.3. The molecule has 0 aromatic heterocycles. The van der Waals surface area contributed by atoms with E-state index in [-0.39, 0.29) is 102 Å². The van der Waals surface area contributed by atoms with Crippen LogP contribution in [0.25, 0.3) is 0 Å². The first-order valence-corrected chi connectivity index (χ1v) is 50.3. The molecule has 60 heteroatoms. The van der Waals surface area contributed by atoms with E-state index in [1.807, 2.05) is 0 Å². The molecule has 0 saturated heterocycles. The maximum absolute atomic E-state index is 13.7. The Bertz CT molecular complexity index is 6090. The van der Waals surface area contributed by atoms with Crippen LogP contribution >= 0.6 is 20.6 Å². The molecule has 24 nitrogen and oxygen atoms in total. The molecular formula is C74H50F26O24S10. The molecule has 0 aliphatic heterocycles. The largest absolute Gasteiger partial charge is 0.416 e. The summed E-state index contributed by atoms with van der Waals surface area (Å²) in [6, 6.07) is 24.1. The van der Waals surface area contributed by atoms with Gasteiger partial charge < -0.3 is 16.7 Å². The summed E-state index contributed by atoms with van der Waals surface area (Å²) in [4.78, 5) is -7.66. The Balaban J connectivity index is 0.000000301. The Kier molecular flexibility index (Phi) is 31.3. The maximum atomic E-state index is 13.7. The molecule has 0 aliphatic carbocycles. The van der Waals surface area contributed by atoms with Crippen LogP contribution in [0.3, 0.4) is 0 Å². The van der Waals surface area contributed by atoms with E-state index in [0.717, 1.165) is 97.1 Å². The van der Waals surface area contributed by atoms with Crippen molar-refractivity contribution in [1.29, 1.82) is 0 Å². The lowest BCUT2D eigenvalue weighted by Gasteiger charge is -2.39. The van der Waals surface area contributed by atoms with E-state index < -0.39 is 274 Å². The highest BCUT2D eigenvalue weighted by molar-refractivity contribution is 8.33. The van der Waals surface area contributed by atoms with Gasteiger partial charge in [0.1, 0.15) is 42.6 Å². The fraction of sp³-hybridized carbons (Fsp3) is 0.189. The van der Waals surface area contributed by atoms with Crippen LogP contribution in [0.4, 0.5) is 114 Å². The second-order valence-electron chi connectivity index (χ2n) is 26.8. The van der Waals surface area contributed by atoms with E-state index in [9.17, 15) is 182 Å². The van der Waals surface area contributed by atoms with Crippen molar-refractivity contribution in [2.45, 2.75) is 111 Å². The first-order chi connectivity index (χ1) is 61.2. The molecule has 134 heavy (non-hydrogen) atoms. The van der Waals surface area contributed by atoms with Crippen LogP contribution in [0.2, 0.25) is 0 Å². The normalized spacial score (nSPS) is 13.9. The van der Waals surface area contributed by atoms with Gasteiger partial charge in [-0.1, -0.05) is 45.2 Å². The molecule has 0 aliphatic rings. The Morgan fingerprint density at radius 2 is 0.351 bits per heavy atom. The molecule has 10 aromatic carbocycles. The Morgan fingerprint density at radius 3 is 0.507 bits per heavy atom. The van der Waals surface area contributed by atoms with Gasteiger partial charge in [-0.05, 0) is 237 Å². The van der Waals surface area contributed by atoms with Gasteiger partial charge in [-0.25, -0.2) is 7.26 Å². The van der Waals surface area contributed by atoms with Crippen LogP contribution in [0.5, 0.6) is 23.0 Å². The quantitative estimate of drug-likeness (QED) is 0.0279. The highest BCUT2D eigenvalue weighted by Crippen LogP contribution is 2.72. The van der Waals surface area contributed by atoms with Gasteiger partial charge >= 0.3 is 89.9 Å². The fourth-order valence-corrected chi connectivity index (χ4v) is 27.5. The van der Waals surface area contributed by atoms with E-state index in [1.54, 1.807) is 0 Å². The first-order valence-electron chi connectivity index (χ1n) is 35.2. The number of rotatable bonds is 32. The predicted molar refractivity (Wildman–Crippen MR) is 411 cm³/mol. The first kappa shape index (κ1) is 107. The molecule has 10 rings (SSSR count). The number of hydrogen-bond acceptors (Lipinski definition) is 24. The summed E-state index contributed by atoms with van der Waals surface area (Å²) in [7, 11) is -49.8. The van der Waals surface area contributed by atoms with Gasteiger partial charge in [0.25, 0.3) is 40.5 Å². The molecule has 0 saturated carbocycles. The lowest BCUT2D eigenvalue weighted by Crippen LogP contribution is -2.19. The summed E-state index contributed by atoms with van der Waals surface area (Å²) in [5, 5.41) is 0. The Hall–Kier alpha value is -10.3. The van der Waals surface area contributed by atoms with Crippen LogP contribution in [-0.4, -0.2) is 90.4 Å². The van der Waals surface area contributed by atoms with Gasteiger partial charge in [-0.3, -0.25) is 0 Å². The van der Waals surface area contributed by atoms with Crippen molar-refractivity contribution in [3.05, 3.63) is 275 Å². The van der Waals surface area contributed by atoms with Crippen LogP contribution < -0.4 is 16.7 Å². The van der Waals surface area contributed by atoms with E-state index in [4.69, 9.17) is 24.0 Å². The van der Waals surface area contributed by atoms with Crippen LogP contribution in [0, 0.1) is 0 Å². The number of hydrogen-bond donors (Lipinski definition) is 0. The topological polar surface area (TPSA) is 347 Å². The molecule has 0 N–H and O–H groups in total. The minimum atomic E-state index is -5.53. The van der Waals surface area contributed by atoms with E-state index >= 15 is 0 Å². The molecule has 0 amide bonds. The average Bonchev–Trinajstić information content (AvgIpc) is 0.740. The minimum Gasteiger partial charge on any atom is -0.379 e. The van der Waals surface area contributed by atoms with Crippen LogP contribution in [-0.2, 0) is 146 Å². The van der Waals surface area contributed by atoms with E-state index in [2.05, 4.69) is 8.78 Å². The standard InChI is InChI=1S/2C37H25F13O12S5/c2*38-34(39,40)23-17-24(35(41,42)43)20-32(19-23)66(55,56)59-27-7-11-30(12-8-27)65(29-5-2-1-3-6-29,62-64(53,54)16-4-15-63(51,52)61-50)31-13-9-28(10-14-31)60-67(57,58)33-21-25(36(44,45)46)18-26(22-33)37(47,48)49/h2*1-3,5-14,17-22H,4,15-16H2. The Morgan fingerprint density at radius 1 is 0.194 bits per heavy atom. The molecule has 732 valence electrons. The molecule has 0 fully saturated rings. The monoisotopic (exact) mass is 2140 g/mol. The fourth-order valence-electron chi connectivity index (χ4n) is 11.3. The lowest BCUT2D eigenvalue weighted by atomic mass is 10.1. The SMILES string of the molecule is O=S(=O)(CCCS(=O)(=O)OS(c1ccccc1)(c1ccc(OS(=O)(=O)c2cc(C(F)(F)F)cc(C(F)(F)F)c2)cc1)c1ccc(OS(=O)(=O)c2cc(C(F)(F)F)cc(C(F)(F)F)c2)cc1)OF.O=S(=O)(CCCS(=O)(=O)OS(c1ccccc1)(c1ccc(OS(=O)(=O)c2cc(C(F)(F)F)cc(C(F)(F)F)c2)cc1)c1ccc(OS(=O)(=O)c2cc(C(F)(F)F)cc(C(F)(F)F)c2)cc1)OF. The highest BCUT2D eigenvalue weighted by Gasteiger charge is 2.47. The zero-order chi connectivity index (χ0) is 100. The van der Waals surface area contributed by atoms with Crippen molar-refractivity contribution in [2.75, 3.05) is 23.0 Å². The van der Waals surface area contributed by atoms with Crippen LogP contribution in [0.1, 0.15) is 57.3 Å². The van der Waals surface area contributed by atoms with Crippen molar-refractivity contribution in [1.82, 2.24) is 0 Å². The molecule has 0 spiro atoms. The molecule has 10 aromatic rings. The summed E-state index contributed by atoms with van der Waals surface area (Å²) in [6.45, 7) is 0. The predicted octanol–water partition coefficient (Wildman–Crippen LogP) is 20.9. The van der Waals surface area contributed by atoms with Gasteiger partial charge in [0, 0.05) is 29.4 Å². The summed E-state index contributed by atoms with van der Waals surface area (Å²) < 4.78 is 592. The molecular weight excluding hydrogens is 2090 g/mol. The van der Waals surface area contributed by atoms with Gasteiger partial charge in [0.2, 0.25) is 0 Å². The summed E-state index contributed by atoms with van der Waals surface area (Å²) in [5.74, 6) is -8.00. The van der Waals surface area contributed by atoms with Crippen molar-refractivity contribution in [3.63, 3.8) is 0 Å². The second kappa shape index (κ2) is 39.1. The molecule has 0 atom stereocenters. The lowest BCUT2D eigenvalue weighted by molar-refractivity contribution is -0.145. The van der Waals surface area contributed by atoms with Gasteiger partial charge in [0.15, 0.2) is 0 Å². The smallest absolute Gasteiger partial charge is 0.379 e. The summed E-state index contributed by atoms with van der Waals surface area (Å²) >= 11 is 0. The third-order valence-corrected chi connectivity index (χ3v) is 34.5. The summed E-state index contributed by atoms with van der Waals surface area (Å²) in [6.07, 6.45) is -45.5. The molecule has 0 bridgehead atoms. The zero-order valence-electron chi connectivity index (χ0n) is 64.9. The maximum Gasteiger partial charge on any atom is 0.416 e. The summed E-state index contributed by atoms with van der Waals surface area (Å²) in [5.41, 5.74) is -16.1. The number of alkyl halides is 24. The van der Waals surface area contributed by atoms with Crippen molar-refractivity contribution < 1.29 is 215 Å². The minimum absolute atomic E-state index is 0.0897. The van der Waals surface area contributed by atoms with Gasteiger partial charge in [0.05, 0.1) is 67.5 Å². The molecule has 0 unspecified atom stereocenters. The second-order valence-corrected chi connectivity index (χ2v) is 45.4. The molecule has 0 radical (unpaired) electrons. The van der Waals surface area contributed by atoms with E-state index in [0.29, 0.717) is 0 Å². The number of halogens is 26. The average molecular weight is 2140 g/mol. The Labute approximate surface area is 743 Å².